The molecule has 2 rings (SSSR count). The van der Waals surface area contributed by atoms with Crippen molar-refractivity contribution in [1.82, 2.24) is 0 Å². The quantitative estimate of drug-likeness (QED) is 0.696. The van der Waals surface area contributed by atoms with Crippen molar-refractivity contribution in [2.75, 3.05) is 6.61 Å². The van der Waals surface area contributed by atoms with E-state index < -0.39 is 6.10 Å². The van der Waals surface area contributed by atoms with Gasteiger partial charge in [0.05, 0.1) is 12.7 Å². The number of rotatable bonds is 4. The maximum absolute atomic E-state index is 9.24. The first kappa shape index (κ1) is 9.47. The van der Waals surface area contributed by atoms with Crippen molar-refractivity contribution in [2.24, 2.45) is 17.8 Å². The van der Waals surface area contributed by atoms with Gasteiger partial charge in [-0.3, -0.25) is 0 Å². The third-order valence-corrected chi connectivity index (χ3v) is 3.97. The first-order valence-electron chi connectivity index (χ1n) is 5.58. The molecular weight excluding hydrogens is 164 g/mol. The van der Waals surface area contributed by atoms with Crippen molar-refractivity contribution in [3.05, 3.63) is 0 Å². The summed E-state index contributed by atoms with van der Waals surface area (Å²) in [5.74, 6) is 2.82. The average molecular weight is 184 g/mol. The largest absolute Gasteiger partial charge is 0.394 e. The van der Waals surface area contributed by atoms with Crippen LogP contribution in [0.2, 0.25) is 0 Å². The van der Waals surface area contributed by atoms with Gasteiger partial charge in [-0.15, -0.1) is 0 Å². The molecule has 0 radical (unpaired) electrons. The molecule has 2 bridgehead atoms. The molecule has 2 heteroatoms. The molecule has 0 saturated heterocycles. The maximum atomic E-state index is 9.24. The molecule has 4 unspecified atom stereocenters. The van der Waals surface area contributed by atoms with Gasteiger partial charge in [0.25, 0.3) is 0 Å². The Balaban J connectivity index is 1.71. The van der Waals surface area contributed by atoms with E-state index in [9.17, 15) is 5.11 Å². The van der Waals surface area contributed by atoms with Crippen molar-refractivity contribution >= 4 is 0 Å². The number of hydrogen-bond acceptors (Lipinski definition) is 2. The van der Waals surface area contributed by atoms with Crippen molar-refractivity contribution in [2.45, 2.75) is 44.6 Å². The van der Waals surface area contributed by atoms with Gasteiger partial charge in [0, 0.05) is 0 Å². The second kappa shape index (κ2) is 3.97. The highest BCUT2D eigenvalue weighted by atomic mass is 16.3. The smallest absolute Gasteiger partial charge is 0.0771 e. The zero-order valence-electron chi connectivity index (χ0n) is 8.15. The van der Waals surface area contributed by atoms with Crippen LogP contribution in [0.3, 0.4) is 0 Å². The molecule has 2 nitrogen and oxygen atoms in total. The first-order valence-corrected chi connectivity index (χ1v) is 5.58. The molecular formula is C11H20O2. The van der Waals surface area contributed by atoms with Gasteiger partial charge in [-0.05, 0) is 49.9 Å². The Labute approximate surface area is 80.0 Å². The average Bonchev–Trinajstić information content (AvgIpc) is 2.74. The molecule has 2 aliphatic rings. The molecule has 76 valence electrons. The SMILES string of the molecule is OCC(O)CCC1CC2CCC1C2. The highest BCUT2D eigenvalue weighted by Crippen LogP contribution is 2.49. The lowest BCUT2D eigenvalue weighted by Gasteiger charge is -2.22. The van der Waals surface area contributed by atoms with Crippen LogP contribution in [0.25, 0.3) is 0 Å². The fourth-order valence-corrected chi connectivity index (χ4v) is 3.23. The monoisotopic (exact) mass is 184 g/mol. The van der Waals surface area contributed by atoms with Gasteiger partial charge in [-0.1, -0.05) is 6.42 Å². The molecule has 0 aromatic heterocycles. The molecule has 0 heterocycles. The summed E-state index contributed by atoms with van der Waals surface area (Å²) in [5, 5.41) is 17.9. The van der Waals surface area contributed by atoms with Gasteiger partial charge >= 0.3 is 0 Å². The molecule has 0 amide bonds. The predicted molar refractivity (Wildman–Crippen MR) is 51.3 cm³/mol. The van der Waals surface area contributed by atoms with Gasteiger partial charge < -0.3 is 10.2 Å². The van der Waals surface area contributed by atoms with E-state index >= 15 is 0 Å². The van der Waals surface area contributed by atoms with Gasteiger partial charge in [-0.25, -0.2) is 0 Å². The molecule has 0 aliphatic heterocycles. The maximum Gasteiger partial charge on any atom is 0.0771 e. The van der Waals surface area contributed by atoms with Crippen LogP contribution in [-0.2, 0) is 0 Å². The van der Waals surface area contributed by atoms with Gasteiger partial charge in [-0.2, -0.15) is 0 Å². The normalized spacial score (nSPS) is 39.7. The molecule has 2 N–H and O–H groups in total. The molecule has 2 aliphatic carbocycles. The van der Waals surface area contributed by atoms with Crippen LogP contribution in [0.5, 0.6) is 0 Å². The number of aliphatic hydroxyl groups is 2. The highest BCUT2D eigenvalue weighted by molar-refractivity contribution is 4.89. The molecule has 2 fully saturated rings. The zero-order valence-corrected chi connectivity index (χ0v) is 8.15. The lowest BCUT2D eigenvalue weighted by Crippen LogP contribution is -2.16. The Morgan fingerprint density at radius 2 is 2.08 bits per heavy atom. The van der Waals surface area contributed by atoms with E-state index in [2.05, 4.69) is 0 Å². The molecule has 2 saturated carbocycles. The summed E-state index contributed by atoms with van der Waals surface area (Å²) >= 11 is 0. The van der Waals surface area contributed by atoms with E-state index in [0.717, 1.165) is 30.6 Å². The zero-order chi connectivity index (χ0) is 9.26. The summed E-state index contributed by atoms with van der Waals surface area (Å²) < 4.78 is 0. The Bertz CT molecular complexity index is 169. The van der Waals surface area contributed by atoms with Crippen LogP contribution in [0.15, 0.2) is 0 Å². The summed E-state index contributed by atoms with van der Waals surface area (Å²) in [5.41, 5.74) is 0. The van der Waals surface area contributed by atoms with Crippen LogP contribution in [0.4, 0.5) is 0 Å². The lowest BCUT2D eigenvalue weighted by atomic mass is 9.85. The Kier molecular flexibility index (Phi) is 2.89. The minimum Gasteiger partial charge on any atom is -0.394 e. The minimum atomic E-state index is -0.473. The van der Waals surface area contributed by atoms with Crippen molar-refractivity contribution < 1.29 is 10.2 Å². The van der Waals surface area contributed by atoms with Gasteiger partial charge in [0.15, 0.2) is 0 Å². The van der Waals surface area contributed by atoms with E-state index in [1.165, 1.54) is 25.7 Å². The van der Waals surface area contributed by atoms with E-state index in [-0.39, 0.29) is 6.61 Å². The van der Waals surface area contributed by atoms with Crippen LogP contribution < -0.4 is 0 Å². The molecule has 0 aromatic rings. The van der Waals surface area contributed by atoms with Crippen molar-refractivity contribution in [3.8, 4) is 0 Å². The second-order valence-electron chi connectivity index (χ2n) is 4.85. The lowest BCUT2D eigenvalue weighted by molar-refractivity contribution is 0.0794. The summed E-state index contributed by atoms with van der Waals surface area (Å²) in [6.07, 6.45) is 7.16. The number of fused-ring (bicyclic) bond motifs is 2. The second-order valence-corrected chi connectivity index (χ2v) is 4.85. The van der Waals surface area contributed by atoms with E-state index in [0.29, 0.717) is 0 Å². The standard InChI is InChI=1S/C11H20O2/c12-7-11(13)4-3-10-6-8-1-2-9(10)5-8/h8-13H,1-7H2. The highest BCUT2D eigenvalue weighted by Gasteiger charge is 2.38. The van der Waals surface area contributed by atoms with Gasteiger partial charge in [0.2, 0.25) is 0 Å². The minimum absolute atomic E-state index is 0.0686. The van der Waals surface area contributed by atoms with E-state index in [1.807, 2.05) is 0 Å². The molecule has 0 spiro atoms. The van der Waals surface area contributed by atoms with Crippen LogP contribution in [0.1, 0.15) is 38.5 Å². The topological polar surface area (TPSA) is 40.5 Å². The van der Waals surface area contributed by atoms with Crippen LogP contribution >= 0.6 is 0 Å². The van der Waals surface area contributed by atoms with Gasteiger partial charge in [0.1, 0.15) is 0 Å². The van der Waals surface area contributed by atoms with Crippen LogP contribution in [-0.4, -0.2) is 22.9 Å². The third-order valence-electron chi connectivity index (χ3n) is 3.97. The third kappa shape index (κ3) is 2.05. The molecule has 4 atom stereocenters. The number of hydrogen-bond donors (Lipinski definition) is 2. The summed E-state index contributed by atoms with van der Waals surface area (Å²) in [7, 11) is 0. The number of aliphatic hydroxyl groups excluding tert-OH is 2. The van der Waals surface area contributed by atoms with Crippen LogP contribution in [0, 0.1) is 17.8 Å². The molecule has 13 heavy (non-hydrogen) atoms. The van der Waals surface area contributed by atoms with E-state index in [4.69, 9.17) is 5.11 Å². The Morgan fingerprint density at radius 3 is 2.62 bits per heavy atom. The fraction of sp³-hybridized carbons (Fsp3) is 1.00. The van der Waals surface area contributed by atoms with E-state index in [1.54, 1.807) is 0 Å². The molecule has 0 aromatic carbocycles. The summed E-state index contributed by atoms with van der Waals surface area (Å²) in [6.45, 7) is -0.0686. The summed E-state index contributed by atoms with van der Waals surface area (Å²) in [6, 6.07) is 0. The Morgan fingerprint density at radius 1 is 1.23 bits per heavy atom. The predicted octanol–water partition coefficient (Wildman–Crippen LogP) is 1.56. The Hall–Kier alpha value is -0.0800. The fourth-order valence-electron chi connectivity index (χ4n) is 3.23. The van der Waals surface area contributed by atoms with Crippen molar-refractivity contribution in [1.29, 1.82) is 0 Å². The van der Waals surface area contributed by atoms with Crippen molar-refractivity contribution in [3.63, 3.8) is 0 Å². The summed E-state index contributed by atoms with van der Waals surface area (Å²) in [4.78, 5) is 0. The first-order chi connectivity index (χ1) is 6.29.